The van der Waals surface area contributed by atoms with Crippen LogP contribution >= 0.6 is 0 Å². The molecule has 0 spiro atoms. The minimum Gasteiger partial charge on any atom is -0.0648 e. The van der Waals surface area contributed by atoms with Gasteiger partial charge in [-0.05, 0) is 93.7 Å². The van der Waals surface area contributed by atoms with Crippen LogP contribution in [0.4, 0.5) is 0 Å². The van der Waals surface area contributed by atoms with Crippen molar-refractivity contribution in [1.82, 2.24) is 0 Å². The Kier molecular flexibility index (Phi) is 11.1. The van der Waals surface area contributed by atoms with Gasteiger partial charge < -0.3 is 0 Å². The van der Waals surface area contributed by atoms with Crippen LogP contribution in [-0.2, 0) is 0 Å². The predicted molar refractivity (Wildman–Crippen MR) is 161 cm³/mol. The predicted octanol–water partition coefficient (Wildman–Crippen LogP) is 11.5. The first kappa shape index (κ1) is 33.0. The largest absolute Gasteiger partial charge is 0.0648 e. The Hall–Kier alpha value is 0. The van der Waals surface area contributed by atoms with Crippen molar-refractivity contribution in [2.75, 3.05) is 0 Å². The third-order valence-corrected chi connectivity index (χ3v) is 14.0. The molecule has 0 aromatic carbocycles. The average molecular weight is 491 g/mol. The fraction of sp³-hybridized carbons (Fsp3) is 1.00. The summed E-state index contributed by atoms with van der Waals surface area (Å²) in [6.07, 6.45) is 2.67. The van der Waals surface area contributed by atoms with E-state index in [9.17, 15) is 0 Å². The van der Waals surface area contributed by atoms with E-state index in [1.54, 1.807) is 0 Å². The standard InChI is InChI=1S/C35H70/c1-19-35(18)29(12)24(7)20-23(6)25(8)31(21(2)3)26(9)27(10)32(35)28(11)30(13)34(16,17)33(14,15)22(4)5/h21-32H,19-20H2,1-18H3. The van der Waals surface area contributed by atoms with Crippen molar-refractivity contribution in [2.45, 2.75) is 137 Å². The van der Waals surface area contributed by atoms with Crippen molar-refractivity contribution in [2.24, 2.45) is 87.3 Å². The molecule has 0 amide bonds. The van der Waals surface area contributed by atoms with Gasteiger partial charge in [-0.15, -0.1) is 0 Å². The van der Waals surface area contributed by atoms with Crippen molar-refractivity contribution < 1.29 is 0 Å². The van der Waals surface area contributed by atoms with Crippen LogP contribution in [0.25, 0.3) is 0 Å². The normalized spacial score (nSPS) is 40.1. The topological polar surface area (TPSA) is 0 Å². The molecule has 0 nitrogen and oxygen atoms in total. The zero-order valence-electron chi connectivity index (χ0n) is 27.8. The van der Waals surface area contributed by atoms with Crippen LogP contribution in [0.3, 0.4) is 0 Å². The molecule has 1 rings (SSSR count). The molecule has 1 aliphatic carbocycles. The van der Waals surface area contributed by atoms with E-state index in [2.05, 4.69) is 125 Å². The second-order valence-electron chi connectivity index (χ2n) is 16.0. The summed E-state index contributed by atoms with van der Waals surface area (Å²) < 4.78 is 0. The lowest BCUT2D eigenvalue weighted by molar-refractivity contribution is -0.0963. The molecule has 1 aliphatic rings. The molecule has 210 valence electrons. The van der Waals surface area contributed by atoms with Crippen molar-refractivity contribution in [1.29, 1.82) is 0 Å². The Balaban J connectivity index is 3.75. The van der Waals surface area contributed by atoms with E-state index < -0.39 is 0 Å². The second kappa shape index (κ2) is 11.8. The molecule has 11 atom stereocenters. The van der Waals surface area contributed by atoms with Gasteiger partial charge in [-0.1, -0.05) is 131 Å². The van der Waals surface area contributed by atoms with Gasteiger partial charge in [0.25, 0.3) is 0 Å². The summed E-state index contributed by atoms with van der Waals surface area (Å²) in [7, 11) is 0. The van der Waals surface area contributed by atoms with Crippen molar-refractivity contribution in [3.8, 4) is 0 Å². The van der Waals surface area contributed by atoms with Crippen LogP contribution in [0.15, 0.2) is 0 Å². The minimum absolute atomic E-state index is 0.279. The van der Waals surface area contributed by atoms with E-state index in [-0.39, 0.29) is 5.41 Å². The van der Waals surface area contributed by atoms with Crippen molar-refractivity contribution in [3.63, 3.8) is 0 Å². The van der Waals surface area contributed by atoms with E-state index >= 15 is 0 Å². The Morgan fingerprint density at radius 2 is 1.20 bits per heavy atom. The third-order valence-electron chi connectivity index (χ3n) is 14.0. The molecule has 0 aliphatic heterocycles. The summed E-state index contributed by atoms with van der Waals surface area (Å²) in [5.41, 5.74) is 0.944. The summed E-state index contributed by atoms with van der Waals surface area (Å²) in [6.45, 7) is 46.2. The maximum absolute atomic E-state index is 2.70. The highest BCUT2D eigenvalue weighted by atomic mass is 14.6. The maximum Gasteiger partial charge on any atom is -0.0267 e. The van der Waals surface area contributed by atoms with E-state index in [1.165, 1.54) is 12.8 Å². The number of hydrogen-bond acceptors (Lipinski definition) is 0. The average Bonchev–Trinajstić information content (AvgIpc) is 2.76. The molecule has 1 saturated carbocycles. The highest BCUT2D eigenvalue weighted by molar-refractivity contribution is 5.01. The summed E-state index contributed by atoms with van der Waals surface area (Å²) in [5, 5.41) is 0. The molecule has 0 bridgehead atoms. The van der Waals surface area contributed by atoms with E-state index in [4.69, 9.17) is 0 Å². The van der Waals surface area contributed by atoms with Gasteiger partial charge in [-0.25, -0.2) is 0 Å². The SMILES string of the molecule is CCC1(C)C(C)C(C)CC(C)C(C)C(C(C)C)C(C)C(C)C1C(C)C(C)C(C)(C)C(C)(C)C(C)C. The zero-order valence-corrected chi connectivity index (χ0v) is 27.8. The summed E-state index contributed by atoms with van der Waals surface area (Å²) in [6, 6.07) is 0. The van der Waals surface area contributed by atoms with Gasteiger partial charge in [-0.3, -0.25) is 0 Å². The fourth-order valence-corrected chi connectivity index (χ4v) is 9.25. The van der Waals surface area contributed by atoms with E-state index in [0.717, 1.165) is 53.3 Å². The molecule has 0 aromatic heterocycles. The highest BCUT2D eigenvalue weighted by Gasteiger charge is 2.53. The lowest BCUT2D eigenvalue weighted by Gasteiger charge is -2.58. The molecule has 0 radical (unpaired) electrons. The third kappa shape index (κ3) is 6.03. The van der Waals surface area contributed by atoms with Gasteiger partial charge in [0.15, 0.2) is 0 Å². The first-order valence-electron chi connectivity index (χ1n) is 15.7. The van der Waals surface area contributed by atoms with Crippen LogP contribution in [0.1, 0.15) is 137 Å². The van der Waals surface area contributed by atoms with Crippen LogP contribution in [0.5, 0.6) is 0 Å². The number of rotatable bonds is 7. The Morgan fingerprint density at radius 1 is 0.714 bits per heavy atom. The van der Waals surface area contributed by atoms with Crippen LogP contribution in [0, 0.1) is 87.3 Å². The Labute approximate surface area is 224 Å². The molecule has 0 aromatic rings. The molecule has 35 heavy (non-hydrogen) atoms. The monoisotopic (exact) mass is 491 g/mol. The second-order valence-corrected chi connectivity index (χ2v) is 16.0. The fourth-order valence-electron chi connectivity index (χ4n) is 9.25. The molecule has 0 heteroatoms. The summed E-state index contributed by atoms with van der Waals surface area (Å²) >= 11 is 0. The molecular formula is C35H70. The lowest BCUT2D eigenvalue weighted by atomic mass is 9.47. The Bertz CT molecular complexity index is 638. The number of hydrogen-bond donors (Lipinski definition) is 0. The van der Waals surface area contributed by atoms with Gasteiger partial charge in [0.05, 0.1) is 0 Å². The molecular weight excluding hydrogens is 420 g/mol. The van der Waals surface area contributed by atoms with E-state index in [0.29, 0.717) is 28.6 Å². The van der Waals surface area contributed by atoms with Gasteiger partial charge in [-0.2, -0.15) is 0 Å². The van der Waals surface area contributed by atoms with E-state index in [1.807, 2.05) is 0 Å². The van der Waals surface area contributed by atoms with Crippen molar-refractivity contribution in [3.05, 3.63) is 0 Å². The smallest absolute Gasteiger partial charge is 0.0267 e. The van der Waals surface area contributed by atoms with Crippen LogP contribution in [0.2, 0.25) is 0 Å². The molecule has 0 heterocycles. The van der Waals surface area contributed by atoms with Gasteiger partial charge in [0, 0.05) is 0 Å². The Morgan fingerprint density at radius 3 is 1.60 bits per heavy atom. The highest BCUT2D eigenvalue weighted by Crippen LogP contribution is 2.59. The molecule has 1 fully saturated rings. The van der Waals surface area contributed by atoms with Gasteiger partial charge >= 0.3 is 0 Å². The van der Waals surface area contributed by atoms with Crippen LogP contribution < -0.4 is 0 Å². The molecule has 11 unspecified atom stereocenters. The maximum atomic E-state index is 2.70. The molecule has 0 saturated heterocycles. The minimum atomic E-state index is 0.279. The first-order chi connectivity index (χ1) is 15.7. The molecule has 0 N–H and O–H groups in total. The van der Waals surface area contributed by atoms with Crippen LogP contribution in [-0.4, -0.2) is 0 Å². The summed E-state index contributed by atoms with van der Waals surface area (Å²) in [4.78, 5) is 0. The van der Waals surface area contributed by atoms with Gasteiger partial charge in [0.2, 0.25) is 0 Å². The zero-order chi connectivity index (χ0) is 27.8. The summed E-state index contributed by atoms with van der Waals surface area (Å²) in [5.74, 6) is 8.91. The first-order valence-corrected chi connectivity index (χ1v) is 15.7. The quantitative estimate of drug-likeness (QED) is 0.333. The van der Waals surface area contributed by atoms with Gasteiger partial charge in [0.1, 0.15) is 0 Å². The lowest BCUT2D eigenvalue weighted by Crippen LogP contribution is -2.52. The van der Waals surface area contributed by atoms with Crippen molar-refractivity contribution >= 4 is 0 Å².